The van der Waals surface area contributed by atoms with Gasteiger partial charge < -0.3 is 9.47 Å². The van der Waals surface area contributed by atoms with Crippen LogP contribution in [0, 0.1) is 29.6 Å². The maximum Gasteiger partial charge on any atom is 0.314 e. The summed E-state index contributed by atoms with van der Waals surface area (Å²) in [5.41, 5.74) is 0. The van der Waals surface area contributed by atoms with E-state index in [9.17, 15) is 9.59 Å². The highest BCUT2D eigenvalue weighted by atomic mass is 16.5. The van der Waals surface area contributed by atoms with Crippen LogP contribution in [0.5, 0.6) is 11.5 Å². The smallest absolute Gasteiger partial charge is 0.314 e. The molecule has 0 radical (unpaired) electrons. The molecule has 2 fully saturated rings. The van der Waals surface area contributed by atoms with E-state index in [1.165, 1.54) is 38.5 Å². The molecular formula is C27H40O4. The Morgan fingerprint density at radius 3 is 1.87 bits per heavy atom. The van der Waals surface area contributed by atoms with E-state index in [0.29, 0.717) is 17.9 Å². The first-order valence-electron chi connectivity index (χ1n) is 12.5. The first-order chi connectivity index (χ1) is 15.0. The molecule has 0 saturated heterocycles. The van der Waals surface area contributed by atoms with Crippen LogP contribution in [-0.2, 0) is 9.59 Å². The Balaban J connectivity index is 1.39. The molecule has 0 heterocycles. The van der Waals surface area contributed by atoms with E-state index < -0.39 is 0 Å². The average Bonchev–Trinajstić information content (AvgIpc) is 2.80. The van der Waals surface area contributed by atoms with Gasteiger partial charge in [0.2, 0.25) is 0 Å². The Kier molecular flexibility index (Phi) is 8.98. The Morgan fingerprint density at radius 1 is 0.839 bits per heavy atom. The van der Waals surface area contributed by atoms with Gasteiger partial charge in [0.15, 0.2) is 0 Å². The van der Waals surface area contributed by atoms with Crippen molar-refractivity contribution in [1.29, 1.82) is 0 Å². The van der Waals surface area contributed by atoms with Gasteiger partial charge in [0, 0.05) is 6.42 Å². The molecule has 0 aliphatic heterocycles. The van der Waals surface area contributed by atoms with E-state index in [1.807, 2.05) is 0 Å². The minimum Gasteiger partial charge on any atom is -0.427 e. The van der Waals surface area contributed by atoms with Crippen molar-refractivity contribution < 1.29 is 19.1 Å². The van der Waals surface area contributed by atoms with Gasteiger partial charge in [-0.25, -0.2) is 0 Å². The fraction of sp³-hybridized carbons (Fsp3) is 0.704. The lowest BCUT2D eigenvalue weighted by atomic mass is 9.68. The Morgan fingerprint density at radius 2 is 1.35 bits per heavy atom. The van der Waals surface area contributed by atoms with Crippen molar-refractivity contribution in [3.8, 4) is 11.5 Å². The van der Waals surface area contributed by atoms with Crippen molar-refractivity contribution in [2.45, 2.75) is 91.4 Å². The summed E-state index contributed by atoms with van der Waals surface area (Å²) in [6.07, 6.45) is 12.8. The Labute approximate surface area is 188 Å². The molecule has 4 nitrogen and oxygen atoms in total. The lowest BCUT2D eigenvalue weighted by Gasteiger charge is -2.37. The van der Waals surface area contributed by atoms with Crippen LogP contribution < -0.4 is 9.47 Å². The van der Waals surface area contributed by atoms with Crippen molar-refractivity contribution in [2.75, 3.05) is 0 Å². The zero-order valence-electron chi connectivity index (χ0n) is 19.6. The Bertz CT molecular complexity index is 694. The van der Waals surface area contributed by atoms with Gasteiger partial charge in [-0.3, -0.25) is 9.59 Å². The summed E-state index contributed by atoms with van der Waals surface area (Å²) in [4.78, 5) is 24.0. The first kappa shape index (κ1) is 23.8. The summed E-state index contributed by atoms with van der Waals surface area (Å²) in [5.74, 6) is 4.08. The fourth-order valence-electron chi connectivity index (χ4n) is 5.44. The van der Waals surface area contributed by atoms with Gasteiger partial charge in [0.05, 0.1) is 5.92 Å². The molecule has 1 aromatic rings. The summed E-state index contributed by atoms with van der Waals surface area (Å²) in [7, 11) is 0. The highest BCUT2D eigenvalue weighted by Gasteiger charge is 2.33. The van der Waals surface area contributed by atoms with E-state index in [-0.39, 0.29) is 17.9 Å². The normalized spacial score (nSPS) is 27.3. The van der Waals surface area contributed by atoms with Crippen molar-refractivity contribution in [1.82, 2.24) is 0 Å². The maximum atomic E-state index is 12.6. The van der Waals surface area contributed by atoms with Gasteiger partial charge >= 0.3 is 11.9 Å². The van der Waals surface area contributed by atoms with Crippen LogP contribution in [0.3, 0.4) is 0 Å². The molecule has 2 saturated carbocycles. The molecule has 0 aromatic heterocycles. The van der Waals surface area contributed by atoms with Crippen LogP contribution in [0.15, 0.2) is 24.3 Å². The van der Waals surface area contributed by atoms with Gasteiger partial charge in [0.25, 0.3) is 0 Å². The molecule has 1 unspecified atom stereocenters. The van der Waals surface area contributed by atoms with Gasteiger partial charge in [0.1, 0.15) is 11.5 Å². The minimum atomic E-state index is -0.273. The van der Waals surface area contributed by atoms with Crippen LogP contribution in [0.1, 0.15) is 91.4 Å². The highest BCUT2D eigenvalue weighted by molar-refractivity contribution is 5.75. The van der Waals surface area contributed by atoms with E-state index >= 15 is 0 Å². The predicted molar refractivity (Wildman–Crippen MR) is 123 cm³/mol. The molecular weight excluding hydrogens is 388 g/mol. The maximum absolute atomic E-state index is 12.6. The monoisotopic (exact) mass is 428 g/mol. The number of rotatable bonds is 8. The number of esters is 2. The molecule has 2 aliphatic carbocycles. The van der Waals surface area contributed by atoms with Crippen molar-refractivity contribution >= 4 is 11.9 Å². The molecule has 0 amide bonds. The lowest BCUT2D eigenvalue weighted by Crippen LogP contribution is -2.30. The molecule has 172 valence electrons. The Hall–Kier alpha value is -1.84. The van der Waals surface area contributed by atoms with E-state index in [4.69, 9.17) is 9.47 Å². The molecule has 4 heteroatoms. The van der Waals surface area contributed by atoms with Gasteiger partial charge in [-0.1, -0.05) is 40.0 Å². The zero-order chi connectivity index (χ0) is 22.2. The van der Waals surface area contributed by atoms with Crippen LogP contribution in [0.2, 0.25) is 0 Å². The number of ether oxygens (including phenoxy) is 2. The molecule has 1 aromatic carbocycles. The second-order valence-corrected chi connectivity index (χ2v) is 9.86. The summed E-state index contributed by atoms with van der Waals surface area (Å²) >= 11 is 0. The zero-order valence-corrected chi connectivity index (χ0v) is 19.6. The molecule has 3 rings (SSSR count). The molecule has 0 spiro atoms. The topological polar surface area (TPSA) is 52.6 Å². The number of hydrogen-bond donors (Lipinski definition) is 0. The number of carbonyl (C=O) groups is 2. The second kappa shape index (κ2) is 11.7. The minimum absolute atomic E-state index is 0.00980. The molecule has 1 atom stereocenters. The second-order valence-electron chi connectivity index (χ2n) is 9.86. The molecule has 2 aliphatic rings. The van der Waals surface area contributed by atoms with Gasteiger partial charge in [-0.2, -0.15) is 0 Å². The van der Waals surface area contributed by atoms with Crippen molar-refractivity contribution in [2.24, 2.45) is 29.6 Å². The molecule has 0 bridgehead atoms. The van der Waals surface area contributed by atoms with Crippen molar-refractivity contribution in [3.63, 3.8) is 0 Å². The fourth-order valence-corrected chi connectivity index (χ4v) is 5.44. The van der Waals surface area contributed by atoms with Crippen LogP contribution in [0.4, 0.5) is 0 Å². The third-order valence-corrected chi connectivity index (χ3v) is 7.66. The van der Waals surface area contributed by atoms with E-state index in [2.05, 4.69) is 13.8 Å². The van der Waals surface area contributed by atoms with E-state index in [1.54, 1.807) is 31.2 Å². The highest BCUT2D eigenvalue weighted by Crippen LogP contribution is 2.43. The average molecular weight is 429 g/mol. The third-order valence-electron chi connectivity index (χ3n) is 7.66. The summed E-state index contributed by atoms with van der Waals surface area (Å²) in [5, 5.41) is 0. The quantitative estimate of drug-likeness (QED) is 0.332. The number of hydrogen-bond acceptors (Lipinski definition) is 4. The number of carbonyl (C=O) groups excluding carboxylic acids is 2. The standard InChI is InChI=1S/C27H40O4/c1-4-19(3)18-20-6-8-21(9-7-20)22-10-12-23(13-11-22)27(29)31-25-16-14-24(15-17-25)30-26(28)5-2/h14-17,19-23H,4-13,18H2,1-3H3. The summed E-state index contributed by atoms with van der Waals surface area (Å²) < 4.78 is 10.8. The third kappa shape index (κ3) is 7.08. The number of benzene rings is 1. The summed E-state index contributed by atoms with van der Waals surface area (Å²) in [6, 6.07) is 6.73. The molecule has 31 heavy (non-hydrogen) atoms. The van der Waals surface area contributed by atoms with Gasteiger partial charge in [-0.05, 0) is 92.9 Å². The SMILES string of the molecule is CCC(=O)Oc1ccc(OC(=O)C2CCC(C3CCC(CC(C)CC)CC3)CC2)cc1. The van der Waals surface area contributed by atoms with E-state index in [0.717, 1.165) is 49.4 Å². The van der Waals surface area contributed by atoms with Crippen LogP contribution in [0.25, 0.3) is 0 Å². The van der Waals surface area contributed by atoms with Crippen LogP contribution in [-0.4, -0.2) is 11.9 Å². The van der Waals surface area contributed by atoms with Gasteiger partial charge in [-0.15, -0.1) is 0 Å². The lowest BCUT2D eigenvalue weighted by molar-refractivity contribution is -0.140. The summed E-state index contributed by atoms with van der Waals surface area (Å²) in [6.45, 7) is 6.45. The molecule has 0 N–H and O–H groups in total. The largest absolute Gasteiger partial charge is 0.427 e. The predicted octanol–water partition coefficient (Wildman–Crippen LogP) is 6.96. The van der Waals surface area contributed by atoms with Crippen molar-refractivity contribution in [3.05, 3.63) is 24.3 Å². The first-order valence-corrected chi connectivity index (χ1v) is 12.5. The van der Waals surface area contributed by atoms with Crippen LogP contribution >= 0.6 is 0 Å².